The maximum atomic E-state index is 13.2. The normalized spacial score (nSPS) is 12.4. The molecule has 2 nitrogen and oxygen atoms in total. The Labute approximate surface area is 107 Å². The van der Waals surface area contributed by atoms with Crippen LogP contribution in [-0.2, 0) is 0 Å². The molecule has 18 heavy (non-hydrogen) atoms. The van der Waals surface area contributed by atoms with Crippen LogP contribution >= 0.6 is 0 Å². The Kier molecular flexibility index (Phi) is 6.65. The Morgan fingerprint density at radius 2 is 2.06 bits per heavy atom. The van der Waals surface area contributed by atoms with Crippen molar-refractivity contribution in [3.05, 3.63) is 29.8 Å². The number of rotatable bonds is 8. The molecular weight excluding hydrogens is 236 g/mol. The van der Waals surface area contributed by atoms with Crippen LogP contribution in [0, 0.1) is 11.6 Å². The molecule has 1 aromatic rings. The molecule has 0 aromatic heterocycles. The summed E-state index contributed by atoms with van der Waals surface area (Å²) < 4.78 is 31.1. The van der Waals surface area contributed by atoms with E-state index in [0.717, 1.165) is 31.9 Å². The van der Waals surface area contributed by atoms with Gasteiger partial charge in [-0.25, -0.2) is 8.78 Å². The van der Waals surface area contributed by atoms with Gasteiger partial charge in [-0.1, -0.05) is 6.92 Å². The van der Waals surface area contributed by atoms with Gasteiger partial charge in [-0.2, -0.15) is 0 Å². The standard InChI is InChI=1S/C14H21F2NO/c1-3-17-11(2)6-4-5-9-18-14-8-7-12(15)10-13(14)16/h7-8,10-11,17H,3-6,9H2,1-2H3. The van der Waals surface area contributed by atoms with Gasteiger partial charge in [-0.15, -0.1) is 0 Å². The van der Waals surface area contributed by atoms with Crippen molar-refractivity contribution in [1.82, 2.24) is 5.32 Å². The van der Waals surface area contributed by atoms with Crippen LogP contribution in [0.4, 0.5) is 8.78 Å². The molecule has 0 aliphatic rings. The van der Waals surface area contributed by atoms with Crippen LogP contribution in [0.25, 0.3) is 0 Å². The Bertz CT molecular complexity index is 358. The van der Waals surface area contributed by atoms with Gasteiger partial charge in [0.1, 0.15) is 5.82 Å². The third kappa shape index (κ3) is 5.45. The molecule has 102 valence electrons. The Balaban J connectivity index is 2.18. The Hall–Kier alpha value is -1.16. The number of nitrogens with one attached hydrogen (secondary N) is 1. The predicted molar refractivity (Wildman–Crippen MR) is 68.8 cm³/mol. The van der Waals surface area contributed by atoms with Gasteiger partial charge in [0.2, 0.25) is 0 Å². The monoisotopic (exact) mass is 257 g/mol. The molecule has 1 aromatic carbocycles. The molecule has 1 rings (SSSR count). The largest absolute Gasteiger partial charge is 0.491 e. The van der Waals surface area contributed by atoms with Gasteiger partial charge in [0.25, 0.3) is 0 Å². The maximum Gasteiger partial charge on any atom is 0.167 e. The predicted octanol–water partition coefficient (Wildman–Crippen LogP) is 3.51. The second-order valence-corrected chi connectivity index (χ2v) is 4.38. The molecule has 0 bridgehead atoms. The van der Waals surface area contributed by atoms with Crippen LogP contribution in [-0.4, -0.2) is 19.2 Å². The number of hydrogen-bond acceptors (Lipinski definition) is 2. The summed E-state index contributed by atoms with van der Waals surface area (Å²) in [5, 5.41) is 3.33. The first-order valence-electron chi connectivity index (χ1n) is 6.44. The molecule has 0 aliphatic carbocycles. The van der Waals surface area contributed by atoms with Crippen LogP contribution in [0.1, 0.15) is 33.1 Å². The molecule has 1 unspecified atom stereocenters. The number of unbranched alkanes of at least 4 members (excludes halogenated alkanes) is 1. The zero-order chi connectivity index (χ0) is 13.4. The molecule has 0 saturated heterocycles. The number of halogens is 2. The zero-order valence-corrected chi connectivity index (χ0v) is 11.0. The Morgan fingerprint density at radius 1 is 1.28 bits per heavy atom. The topological polar surface area (TPSA) is 21.3 Å². The molecule has 0 fully saturated rings. The van der Waals surface area contributed by atoms with Crippen LogP contribution in [0.15, 0.2) is 18.2 Å². The van der Waals surface area contributed by atoms with E-state index >= 15 is 0 Å². The summed E-state index contributed by atoms with van der Waals surface area (Å²) in [6, 6.07) is 3.86. The minimum Gasteiger partial charge on any atom is -0.491 e. The summed E-state index contributed by atoms with van der Waals surface area (Å²) in [5.74, 6) is -1.11. The van der Waals surface area contributed by atoms with Gasteiger partial charge in [-0.3, -0.25) is 0 Å². The Morgan fingerprint density at radius 3 is 2.72 bits per heavy atom. The van der Waals surface area contributed by atoms with E-state index in [1.165, 1.54) is 12.1 Å². The molecule has 0 amide bonds. The van der Waals surface area contributed by atoms with Gasteiger partial charge in [-0.05, 0) is 44.9 Å². The first-order chi connectivity index (χ1) is 8.63. The van der Waals surface area contributed by atoms with Crippen molar-refractivity contribution in [2.24, 2.45) is 0 Å². The third-order valence-corrected chi connectivity index (χ3v) is 2.74. The van der Waals surface area contributed by atoms with Crippen molar-refractivity contribution >= 4 is 0 Å². The van der Waals surface area contributed by atoms with Crippen LogP contribution in [0.2, 0.25) is 0 Å². The molecule has 0 saturated carbocycles. The lowest BCUT2D eigenvalue weighted by atomic mass is 10.1. The fraction of sp³-hybridized carbons (Fsp3) is 0.571. The fourth-order valence-electron chi connectivity index (χ4n) is 1.78. The van der Waals surface area contributed by atoms with Crippen molar-refractivity contribution in [3.8, 4) is 5.75 Å². The maximum absolute atomic E-state index is 13.2. The van der Waals surface area contributed by atoms with E-state index < -0.39 is 11.6 Å². The van der Waals surface area contributed by atoms with E-state index in [4.69, 9.17) is 4.74 Å². The van der Waals surface area contributed by atoms with E-state index in [0.29, 0.717) is 12.6 Å². The van der Waals surface area contributed by atoms with Gasteiger partial charge in [0.05, 0.1) is 6.61 Å². The molecule has 0 heterocycles. The van der Waals surface area contributed by atoms with Crippen LogP contribution < -0.4 is 10.1 Å². The van der Waals surface area contributed by atoms with E-state index in [9.17, 15) is 8.78 Å². The number of benzene rings is 1. The van der Waals surface area contributed by atoms with Crippen molar-refractivity contribution in [1.29, 1.82) is 0 Å². The van der Waals surface area contributed by atoms with E-state index in [2.05, 4.69) is 19.2 Å². The molecule has 0 aliphatic heterocycles. The molecular formula is C14H21F2NO. The van der Waals surface area contributed by atoms with Gasteiger partial charge in [0, 0.05) is 12.1 Å². The highest BCUT2D eigenvalue weighted by atomic mass is 19.1. The van der Waals surface area contributed by atoms with Crippen molar-refractivity contribution in [2.45, 2.75) is 39.2 Å². The minimum absolute atomic E-state index is 0.121. The second-order valence-electron chi connectivity index (χ2n) is 4.38. The third-order valence-electron chi connectivity index (χ3n) is 2.74. The summed E-state index contributed by atoms with van der Waals surface area (Å²) >= 11 is 0. The quantitative estimate of drug-likeness (QED) is 0.719. The van der Waals surface area contributed by atoms with Crippen molar-refractivity contribution < 1.29 is 13.5 Å². The number of hydrogen-bond donors (Lipinski definition) is 1. The highest BCUT2D eigenvalue weighted by Crippen LogP contribution is 2.17. The van der Waals surface area contributed by atoms with Gasteiger partial charge >= 0.3 is 0 Å². The lowest BCUT2D eigenvalue weighted by Gasteiger charge is -2.12. The second kappa shape index (κ2) is 8.03. The molecule has 0 spiro atoms. The van der Waals surface area contributed by atoms with Crippen LogP contribution in [0.3, 0.4) is 0 Å². The smallest absolute Gasteiger partial charge is 0.167 e. The molecule has 1 atom stereocenters. The minimum atomic E-state index is -0.643. The summed E-state index contributed by atoms with van der Waals surface area (Å²) in [6.07, 6.45) is 2.96. The van der Waals surface area contributed by atoms with E-state index in [-0.39, 0.29) is 5.75 Å². The molecule has 1 N–H and O–H groups in total. The summed E-state index contributed by atoms with van der Waals surface area (Å²) in [6.45, 7) is 5.65. The summed E-state index contributed by atoms with van der Waals surface area (Å²) in [5.41, 5.74) is 0. The first kappa shape index (κ1) is 14.9. The lowest BCUT2D eigenvalue weighted by Crippen LogP contribution is -2.25. The SMILES string of the molecule is CCNC(C)CCCCOc1ccc(F)cc1F. The van der Waals surface area contributed by atoms with Gasteiger partial charge in [0.15, 0.2) is 11.6 Å². The average Bonchev–Trinajstić information content (AvgIpc) is 2.31. The van der Waals surface area contributed by atoms with Crippen molar-refractivity contribution in [2.75, 3.05) is 13.2 Å². The van der Waals surface area contributed by atoms with Crippen molar-refractivity contribution in [3.63, 3.8) is 0 Å². The van der Waals surface area contributed by atoms with E-state index in [1.807, 2.05) is 0 Å². The highest BCUT2D eigenvalue weighted by Gasteiger charge is 2.04. The summed E-state index contributed by atoms with van der Waals surface area (Å²) in [4.78, 5) is 0. The summed E-state index contributed by atoms with van der Waals surface area (Å²) in [7, 11) is 0. The lowest BCUT2D eigenvalue weighted by molar-refractivity contribution is 0.287. The highest BCUT2D eigenvalue weighted by molar-refractivity contribution is 5.24. The van der Waals surface area contributed by atoms with Crippen LogP contribution in [0.5, 0.6) is 5.75 Å². The molecule has 0 radical (unpaired) electrons. The fourth-order valence-corrected chi connectivity index (χ4v) is 1.78. The average molecular weight is 257 g/mol. The number of ether oxygens (including phenoxy) is 1. The van der Waals surface area contributed by atoms with Gasteiger partial charge < -0.3 is 10.1 Å². The zero-order valence-electron chi connectivity index (χ0n) is 11.0. The van der Waals surface area contributed by atoms with E-state index in [1.54, 1.807) is 0 Å². The first-order valence-corrected chi connectivity index (χ1v) is 6.44. The molecule has 4 heteroatoms.